The van der Waals surface area contributed by atoms with E-state index in [-0.39, 0.29) is 102 Å². The Balaban J connectivity index is 0.000000197. The molecule has 6 heterocycles. The fraction of sp³-hybridized carbons (Fsp3) is 0.167. The summed E-state index contributed by atoms with van der Waals surface area (Å²) >= 11 is 0. The molecule has 0 aliphatic carbocycles. The number of aromatic nitrogens is 6. The van der Waals surface area contributed by atoms with E-state index in [9.17, 15) is 0 Å². The van der Waals surface area contributed by atoms with Crippen LogP contribution in [0.1, 0.15) is 116 Å². The molecule has 0 N–H and O–H groups in total. The van der Waals surface area contributed by atoms with Gasteiger partial charge in [-0.25, -0.2) is 0 Å². The molecule has 0 aliphatic heterocycles. The Morgan fingerprint density at radius 3 is 1.06 bits per heavy atom. The Labute approximate surface area is 756 Å². The van der Waals surface area contributed by atoms with Crippen molar-refractivity contribution in [3.05, 3.63) is 422 Å². The van der Waals surface area contributed by atoms with Crippen molar-refractivity contribution >= 4 is 0 Å². The zero-order chi connectivity index (χ0) is 80.5. The second kappa shape index (κ2) is 45.6. The smallest absolute Gasteiger partial charge is 0.0198 e. The van der Waals surface area contributed by atoms with Crippen LogP contribution in [0.5, 0.6) is 0 Å². The molecule has 0 bridgehead atoms. The van der Waals surface area contributed by atoms with Gasteiger partial charge in [0.1, 0.15) is 0 Å². The van der Waals surface area contributed by atoms with Crippen LogP contribution in [0.3, 0.4) is 0 Å². The largest absolute Gasteiger partial charge is 0.305 e. The van der Waals surface area contributed by atoms with Gasteiger partial charge in [0.2, 0.25) is 0 Å². The Kier molecular flexibility index (Phi) is 36.6. The van der Waals surface area contributed by atoms with E-state index in [2.05, 4.69) is 345 Å². The van der Waals surface area contributed by atoms with Crippen molar-refractivity contribution in [1.29, 1.82) is 0 Å². The van der Waals surface area contributed by atoms with Crippen LogP contribution in [-0.4, -0.2) is 29.9 Å². The van der Waals surface area contributed by atoms with E-state index < -0.39 is 0 Å². The van der Waals surface area contributed by atoms with Crippen LogP contribution in [0.4, 0.5) is 0 Å². The summed E-state index contributed by atoms with van der Waals surface area (Å²) < 4.78 is 0. The molecule has 4 radical (unpaired) electrons. The van der Waals surface area contributed by atoms with E-state index in [1.165, 1.54) is 77.9 Å². The number of hydrogen-bond acceptors (Lipinski definition) is 6. The molecule has 6 aromatic heterocycles. The molecule has 0 unspecified atom stereocenters. The molecule has 0 amide bonds. The molecule has 0 saturated carbocycles. The topological polar surface area (TPSA) is 77.3 Å². The van der Waals surface area contributed by atoms with E-state index in [1.807, 2.05) is 158 Å². The van der Waals surface area contributed by atoms with Crippen molar-refractivity contribution in [2.75, 3.05) is 0 Å². The van der Waals surface area contributed by atoms with Crippen LogP contribution < -0.4 is 0 Å². The van der Waals surface area contributed by atoms with E-state index in [4.69, 9.17) is 0 Å². The Bertz CT molecular complexity index is 5480. The average Bonchev–Trinajstić information content (AvgIpc) is 0.791. The third-order valence-corrected chi connectivity index (χ3v) is 19.0. The summed E-state index contributed by atoms with van der Waals surface area (Å²) in [5.74, 6) is 0. The van der Waals surface area contributed by atoms with Crippen LogP contribution in [0.2, 0.25) is 0 Å². The molecular weight excluding hydrogens is 2150 g/mol. The number of benzene rings is 10. The van der Waals surface area contributed by atoms with Crippen molar-refractivity contribution < 1.29 is 80.4 Å². The van der Waals surface area contributed by atoms with Gasteiger partial charge in [-0.05, 0) is 133 Å². The molecule has 10 heteroatoms. The van der Waals surface area contributed by atoms with Gasteiger partial charge in [-0.1, -0.05) is 280 Å². The van der Waals surface area contributed by atoms with E-state index in [1.54, 1.807) is 12.4 Å². The number of rotatable bonds is 10. The summed E-state index contributed by atoms with van der Waals surface area (Å²) in [6, 6.07) is 127. The van der Waals surface area contributed by atoms with Crippen LogP contribution in [-0.2, 0) is 102 Å². The standard InChI is InChI=1S/2C22H22N.2C21H20N.2C11H8N.4Ir/c1-16-11-12-23-21(13-16)19-9-5-7-17(14-19)18-8-6-10-20(15-18)22(2,3)4;1-16-12-13-23-21(14-16)18-9-7-8-17(15-18)19-10-5-6-11-20(19)22(2,3)4;1-21(2,3)19-13-14-22-20(15-19)18-11-9-17(10-12-18)16-7-5-4-6-8-16;1-21(2,3)19-13-14-20(22-15-19)18-11-9-17(10-12-18)16-7-5-4-6-8-16;2*1-2-6-10(7-3-1)11-8-4-5-9-12-11;;;;/h2*5-8,10-15H,1-4H3;2*4-11,13-15H,1-3H3;2*1-6,8-9H;;;;/q6*-1;;;;. The SMILES string of the molecule is CC(C)(C)c1ccc(-c2[c-]cc(-c3ccccc3)cc2)nc1.CC(C)(C)c1ccnc(-c2[c-]cc(-c3ccccc3)cc2)c1.Cc1ccnc(-c2[c-]ccc(-c3cccc(C(C)(C)C)c3)c2)c1.Cc1ccnc(-c2[c-]ccc(-c3ccccc3C(C)(C)C)c2)c1.[Ir].[Ir].[Ir].[Ir].[c-]1ccccc1-c1ccccn1.[c-]1ccccc1-c1ccccn1. The average molecular weight is 2250 g/mol. The second-order valence-corrected chi connectivity index (χ2v) is 32.1. The first-order valence-electron chi connectivity index (χ1n) is 38.8. The summed E-state index contributed by atoms with van der Waals surface area (Å²) in [7, 11) is 0. The monoisotopic (exact) mass is 2250 g/mol. The first kappa shape index (κ1) is 94.8. The minimum Gasteiger partial charge on any atom is -0.305 e. The van der Waals surface area contributed by atoms with Crippen molar-refractivity contribution in [1.82, 2.24) is 29.9 Å². The fourth-order valence-electron chi connectivity index (χ4n) is 12.5. The zero-order valence-corrected chi connectivity index (χ0v) is 79.1. The molecule has 118 heavy (non-hydrogen) atoms. The maximum absolute atomic E-state index is 4.59. The molecule has 604 valence electrons. The van der Waals surface area contributed by atoms with Gasteiger partial charge >= 0.3 is 0 Å². The zero-order valence-electron chi connectivity index (χ0n) is 69.5. The number of nitrogens with zero attached hydrogens (tertiary/aromatic N) is 6. The molecule has 0 fully saturated rings. The van der Waals surface area contributed by atoms with Crippen molar-refractivity contribution in [2.45, 2.75) is 119 Å². The summed E-state index contributed by atoms with van der Waals surface area (Å²) in [4.78, 5) is 26.5. The van der Waals surface area contributed by atoms with Gasteiger partial charge < -0.3 is 29.9 Å². The van der Waals surface area contributed by atoms with Crippen LogP contribution in [0, 0.1) is 50.2 Å². The predicted octanol–water partition coefficient (Wildman–Crippen LogP) is 27.8. The molecule has 6 nitrogen and oxygen atoms in total. The van der Waals surface area contributed by atoms with Gasteiger partial charge in [0.05, 0.1) is 0 Å². The summed E-state index contributed by atoms with van der Waals surface area (Å²) in [6.45, 7) is 30.9. The number of pyridine rings is 6. The summed E-state index contributed by atoms with van der Waals surface area (Å²) in [6.07, 6.45) is 11.1. The van der Waals surface area contributed by atoms with Gasteiger partial charge in [0, 0.05) is 118 Å². The quantitative estimate of drug-likeness (QED) is 0.127. The third kappa shape index (κ3) is 28.2. The molecule has 10 aromatic carbocycles. The summed E-state index contributed by atoms with van der Waals surface area (Å²) in [5.41, 5.74) is 29.9. The predicted molar refractivity (Wildman–Crippen MR) is 477 cm³/mol. The van der Waals surface area contributed by atoms with Gasteiger partial charge in [-0.3, -0.25) is 0 Å². The fourth-order valence-corrected chi connectivity index (χ4v) is 12.5. The maximum Gasteiger partial charge on any atom is 0.0198 e. The third-order valence-electron chi connectivity index (χ3n) is 19.0. The van der Waals surface area contributed by atoms with E-state index >= 15 is 0 Å². The Morgan fingerprint density at radius 1 is 0.220 bits per heavy atom. The summed E-state index contributed by atoms with van der Waals surface area (Å²) in [5, 5.41) is 0. The molecule has 0 saturated heterocycles. The first-order chi connectivity index (χ1) is 54.9. The van der Waals surface area contributed by atoms with Gasteiger partial charge in [0.25, 0.3) is 0 Å². The van der Waals surface area contributed by atoms with Crippen LogP contribution in [0.15, 0.2) is 353 Å². The molecule has 0 atom stereocenters. The van der Waals surface area contributed by atoms with E-state index in [0.717, 1.165) is 67.5 Å². The van der Waals surface area contributed by atoms with Gasteiger partial charge in [-0.2, -0.15) is 0 Å². The van der Waals surface area contributed by atoms with Crippen LogP contribution in [0.25, 0.3) is 112 Å². The van der Waals surface area contributed by atoms with Crippen molar-refractivity contribution in [3.8, 4) is 112 Å². The molecule has 0 spiro atoms. The minimum absolute atomic E-state index is 0. The second-order valence-electron chi connectivity index (χ2n) is 32.1. The number of hydrogen-bond donors (Lipinski definition) is 0. The van der Waals surface area contributed by atoms with Crippen molar-refractivity contribution in [3.63, 3.8) is 0 Å². The van der Waals surface area contributed by atoms with Gasteiger partial charge in [-0.15, -0.1) is 202 Å². The molecule has 16 aromatic rings. The van der Waals surface area contributed by atoms with Gasteiger partial charge in [0.15, 0.2) is 0 Å². The first-order valence-corrected chi connectivity index (χ1v) is 38.8. The van der Waals surface area contributed by atoms with Crippen molar-refractivity contribution in [2.24, 2.45) is 0 Å². The molecule has 16 rings (SSSR count). The maximum atomic E-state index is 4.59. The van der Waals surface area contributed by atoms with Crippen LogP contribution >= 0.6 is 0 Å². The minimum atomic E-state index is 0. The number of aryl methyl sites for hydroxylation is 2. The molecule has 0 aliphatic rings. The Hall–Kier alpha value is -10.3. The Morgan fingerprint density at radius 2 is 0.619 bits per heavy atom. The normalized spacial score (nSPS) is 10.7. The van der Waals surface area contributed by atoms with E-state index in [0.29, 0.717) is 0 Å². The molecular formula is C108H100Ir4N6-6.